The molecule has 116 valence electrons. The molecule has 0 saturated heterocycles. The zero-order valence-corrected chi connectivity index (χ0v) is 16.6. The summed E-state index contributed by atoms with van der Waals surface area (Å²) in [6.45, 7) is 2.69. The van der Waals surface area contributed by atoms with Crippen molar-refractivity contribution in [2.24, 2.45) is 0 Å². The molecular formula is C12H12I2N6OS. The number of nitrogens with one attached hydrogen (secondary N) is 2. The van der Waals surface area contributed by atoms with Crippen molar-refractivity contribution in [1.82, 2.24) is 25.5 Å². The van der Waals surface area contributed by atoms with Crippen LogP contribution in [0.25, 0.3) is 0 Å². The first-order chi connectivity index (χ1) is 10.5. The van der Waals surface area contributed by atoms with Crippen LogP contribution in [0.1, 0.15) is 23.7 Å². The molecule has 0 spiro atoms. The van der Waals surface area contributed by atoms with Gasteiger partial charge in [0, 0.05) is 13.7 Å². The second-order valence-corrected chi connectivity index (χ2v) is 7.07. The number of carbonyl (C=O) groups excluding carboxylic acids is 1. The number of hydrogen-bond donors (Lipinski definition) is 2. The van der Waals surface area contributed by atoms with Crippen molar-refractivity contribution in [3.8, 4) is 0 Å². The SMILES string of the molecule is CCCn1nnnc1NC(=S)NC(=O)c1cc(I)ccc1I. The van der Waals surface area contributed by atoms with Crippen LogP contribution in [0.5, 0.6) is 0 Å². The fourth-order valence-electron chi connectivity index (χ4n) is 1.63. The molecule has 0 aliphatic carbocycles. The number of rotatable bonds is 4. The predicted octanol–water partition coefficient (Wildman–Crippen LogP) is 2.42. The molecule has 0 unspecified atom stereocenters. The van der Waals surface area contributed by atoms with E-state index in [0.717, 1.165) is 13.6 Å². The van der Waals surface area contributed by atoms with E-state index in [1.807, 2.05) is 19.1 Å². The zero-order chi connectivity index (χ0) is 16.1. The Hall–Kier alpha value is -0.890. The van der Waals surface area contributed by atoms with E-state index >= 15 is 0 Å². The summed E-state index contributed by atoms with van der Waals surface area (Å²) in [7, 11) is 0. The monoisotopic (exact) mass is 542 g/mol. The van der Waals surface area contributed by atoms with Crippen LogP contribution in [0.15, 0.2) is 18.2 Å². The molecule has 2 aromatic rings. The normalized spacial score (nSPS) is 10.3. The van der Waals surface area contributed by atoms with Gasteiger partial charge in [-0.2, -0.15) is 0 Å². The maximum atomic E-state index is 12.3. The van der Waals surface area contributed by atoms with Crippen LogP contribution in [0.4, 0.5) is 5.95 Å². The molecule has 0 atom stereocenters. The highest BCUT2D eigenvalue weighted by Crippen LogP contribution is 2.16. The lowest BCUT2D eigenvalue weighted by Crippen LogP contribution is -2.35. The highest BCUT2D eigenvalue weighted by Gasteiger charge is 2.14. The fourth-order valence-corrected chi connectivity index (χ4v) is 2.89. The Labute approximate surface area is 159 Å². The number of aryl methyl sites for hydroxylation is 1. The Balaban J connectivity index is 2.04. The van der Waals surface area contributed by atoms with Gasteiger partial charge in [0.2, 0.25) is 5.95 Å². The number of anilines is 1. The van der Waals surface area contributed by atoms with E-state index in [9.17, 15) is 4.79 Å². The van der Waals surface area contributed by atoms with Gasteiger partial charge < -0.3 is 0 Å². The quantitative estimate of drug-likeness (QED) is 0.457. The number of thiocarbonyl (C=S) groups is 1. The molecule has 22 heavy (non-hydrogen) atoms. The minimum Gasteiger partial charge on any atom is -0.300 e. The molecule has 0 radical (unpaired) electrons. The van der Waals surface area contributed by atoms with Gasteiger partial charge in [0.25, 0.3) is 5.91 Å². The summed E-state index contributed by atoms with van der Waals surface area (Å²) in [6.07, 6.45) is 0.888. The topological polar surface area (TPSA) is 84.7 Å². The minimum absolute atomic E-state index is 0.159. The summed E-state index contributed by atoms with van der Waals surface area (Å²) in [6, 6.07) is 5.63. The van der Waals surface area contributed by atoms with Crippen LogP contribution in [0.3, 0.4) is 0 Å². The summed E-state index contributed by atoms with van der Waals surface area (Å²) >= 11 is 9.41. The van der Waals surface area contributed by atoms with Gasteiger partial charge in [0.15, 0.2) is 5.11 Å². The van der Waals surface area contributed by atoms with Crippen molar-refractivity contribution in [3.63, 3.8) is 0 Å². The molecule has 0 fully saturated rings. The number of tetrazole rings is 1. The number of amides is 1. The molecule has 0 aliphatic rings. The highest BCUT2D eigenvalue weighted by molar-refractivity contribution is 14.1. The number of aromatic nitrogens is 4. The summed E-state index contributed by atoms with van der Waals surface area (Å²) < 4.78 is 3.43. The number of nitrogens with zero attached hydrogens (tertiary/aromatic N) is 4. The van der Waals surface area contributed by atoms with E-state index in [0.29, 0.717) is 18.1 Å². The molecule has 2 N–H and O–H groups in total. The van der Waals surface area contributed by atoms with Gasteiger partial charge in [0.1, 0.15) is 0 Å². The average Bonchev–Trinajstić information content (AvgIpc) is 2.89. The average molecular weight is 542 g/mol. The lowest BCUT2D eigenvalue weighted by Gasteiger charge is -2.10. The Bertz CT molecular complexity index is 705. The first kappa shape index (κ1) is 17.5. The van der Waals surface area contributed by atoms with E-state index in [1.165, 1.54) is 0 Å². The fraction of sp³-hybridized carbons (Fsp3) is 0.250. The first-order valence-electron chi connectivity index (χ1n) is 6.34. The largest absolute Gasteiger partial charge is 0.300 e. The zero-order valence-electron chi connectivity index (χ0n) is 11.5. The Morgan fingerprint density at radius 1 is 1.41 bits per heavy atom. The van der Waals surface area contributed by atoms with Crippen molar-refractivity contribution in [1.29, 1.82) is 0 Å². The van der Waals surface area contributed by atoms with E-state index in [-0.39, 0.29) is 11.0 Å². The Kier molecular flexibility index (Phi) is 6.43. The molecule has 1 aromatic heterocycles. The lowest BCUT2D eigenvalue weighted by atomic mass is 10.2. The van der Waals surface area contributed by atoms with Crippen LogP contribution < -0.4 is 10.6 Å². The minimum atomic E-state index is -0.269. The van der Waals surface area contributed by atoms with E-state index in [2.05, 4.69) is 71.3 Å². The summed E-state index contributed by atoms with van der Waals surface area (Å²) in [5.74, 6) is 0.138. The van der Waals surface area contributed by atoms with Gasteiger partial charge >= 0.3 is 0 Å². The van der Waals surface area contributed by atoms with Gasteiger partial charge in [0.05, 0.1) is 5.56 Å². The van der Waals surface area contributed by atoms with Crippen molar-refractivity contribution in [2.75, 3.05) is 5.32 Å². The molecule has 0 bridgehead atoms. The van der Waals surface area contributed by atoms with Gasteiger partial charge in [-0.1, -0.05) is 12.0 Å². The standard InChI is InChI=1S/C12H12I2N6OS/c1-2-5-20-11(17-18-19-20)16-12(22)15-10(21)8-6-7(13)3-4-9(8)14/h3-4,6H,2,5H2,1H3,(H2,15,16,17,19,21,22). The van der Waals surface area contributed by atoms with Crippen LogP contribution in [0.2, 0.25) is 0 Å². The second kappa shape index (κ2) is 8.10. The van der Waals surface area contributed by atoms with E-state index < -0.39 is 0 Å². The van der Waals surface area contributed by atoms with Gasteiger partial charge in [-0.25, -0.2) is 4.68 Å². The molecule has 10 heteroatoms. The summed E-state index contributed by atoms with van der Waals surface area (Å²) in [5, 5.41) is 16.9. The molecule has 0 saturated carbocycles. The second-order valence-electron chi connectivity index (χ2n) is 4.26. The van der Waals surface area contributed by atoms with Crippen molar-refractivity contribution in [2.45, 2.75) is 19.9 Å². The van der Waals surface area contributed by atoms with Gasteiger partial charge in [-0.3, -0.25) is 15.4 Å². The van der Waals surface area contributed by atoms with Crippen LogP contribution in [-0.2, 0) is 6.54 Å². The van der Waals surface area contributed by atoms with Crippen LogP contribution >= 0.6 is 57.4 Å². The third kappa shape index (κ3) is 4.55. The van der Waals surface area contributed by atoms with Crippen molar-refractivity contribution >= 4 is 74.4 Å². The molecule has 7 nitrogen and oxygen atoms in total. The number of carbonyl (C=O) groups is 1. The van der Waals surface area contributed by atoms with Gasteiger partial charge in [-0.05, 0) is 92.4 Å². The molecule has 0 aliphatic heterocycles. The number of hydrogen-bond acceptors (Lipinski definition) is 5. The van der Waals surface area contributed by atoms with Crippen molar-refractivity contribution in [3.05, 3.63) is 30.9 Å². The predicted molar refractivity (Wildman–Crippen MR) is 104 cm³/mol. The van der Waals surface area contributed by atoms with E-state index in [1.54, 1.807) is 10.7 Å². The third-order valence-electron chi connectivity index (χ3n) is 2.59. The lowest BCUT2D eigenvalue weighted by molar-refractivity contribution is 0.0977. The highest BCUT2D eigenvalue weighted by atomic mass is 127. The van der Waals surface area contributed by atoms with Crippen molar-refractivity contribution < 1.29 is 4.79 Å². The molecule has 1 aromatic carbocycles. The van der Waals surface area contributed by atoms with Gasteiger partial charge in [-0.15, -0.1) is 0 Å². The third-order valence-corrected chi connectivity index (χ3v) is 4.41. The van der Waals surface area contributed by atoms with Crippen LogP contribution in [-0.4, -0.2) is 31.2 Å². The Morgan fingerprint density at radius 3 is 2.91 bits per heavy atom. The molecule has 1 heterocycles. The summed E-state index contributed by atoms with van der Waals surface area (Å²) in [5.41, 5.74) is 0.574. The molecular weight excluding hydrogens is 530 g/mol. The summed E-state index contributed by atoms with van der Waals surface area (Å²) in [4.78, 5) is 12.3. The smallest absolute Gasteiger partial charge is 0.258 e. The maximum Gasteiger partial charge on any atom is 0.258 e. The Morgan fingerprint density at radius 2 is 2.18 bits per heavy atom. The van der Waals surface area contributed by atoms with Crippen LogP contribution in [0, 0.1) is 7.14 Å². The first-order valence-corrected chi connectivity index (χ1v) is 8.91. The molecule has 1 amide bonds. The molecule has 2 rings (SSSR count). The van der Waals surface area contributed by atoms with E-state index in [4.69, 9.17) is 12.2 Å². The number of halogens is 2. The number of benzene rings is 1. The maximum absolute atomic E-state index is 12.3.